The van der Waals surface area contributed by atoms with Gasteiger partial charge in [0.25, 0.3) is 10.0 Å². The number of aromatic nitrogens is 1. The van der Waals surface area contributed by atoms with Crippen molar-refractivity contribution in [2.24, 2.45) is 0 Å². The molecule has 0 aliphatic heterocycles. The highest BCUT2D eigenvalue weighted by Crippen LogP contribution is 2.27. The largest absolute Gasteiger partial charge is 0.363 e. The Kier molecular flexibility index (Phi) is 4.75. The maximum Gasteiger partial charge on any atom is 0.263 e. The van der Waals surface area contributed by atoms with Crippen LogP contribution in [0, 0.1) is 13.8 Å². The molecule has 2 rings (SSSR count). The maximum absolute atomic E-state index is 12.4. The van der Waals surface area contributed by atoms with E-state index in [9.17, 15) is 8.42 Å². The van der Waals surface area contributed by atoms with Gasteiger partial charge in [-0.05, 0) is 50.2 Å². The summed E-state index contributed by atoms with van der Waals surface area (Å²) in [6.07, 6.45) is 1.50. The Hall–Kier alpha value is -1.31. The van der Waals surface area contributed by atoms with Crippen LogP contribution in [0.3, 0.4) is 0 Å². The van der Waals surface area contributed by atoms with Crippen LogP contribution in [-0.4, -0.2) is 20.4 Å². The van der Waals surface area contributed by atoms with Crippen molar-refractivity contribution in [3.05, 3.63) is 45.7 Å². The fourth-order valence-corrected chi connectivity index (χ4v) is 4.04. The van der Waals surface area contributed by atoms with Crippen LogP contribution < -0.4 is 10.0 Å². The Bertz CT molecular complexity index is 730. The van der Waals surface area contributed by atoms with Crippen molar-refractivity contribution in [2.75, 3.05) is 11.8 Å². The van der Waals surface area contributed by atoms with E-state index < -0.39 is 10.0 Å². The van der Waals surface area contributed by atoms with E-state index in [4.69, 9.17) is 0 Å². The number of rotatable bonds is 5. The van der Waals surface area contributed by atoms with E-state index in [2.05, 4.69) is 31.0 Å². The topological polar surface area (TPSA) is 74.0 Å². The molecule has 0 aliphatic carbocycles. The lowest BCUT2D eigenvalue weighted by Crippen LogP contribution is -2.14. The van der Waals surface area contributed by atoms with Gasteiger partial charge in [0.2, 0.25) is 0 Å². The third-order valence-electron chi connectivity index (χ3n) is 3.13. The molecule has 0 amide bonds. The van der Waals surface area contributed by atoms with E-state index in [1.807, 2.05) is 33.0 Å². The molecular weight excluding hydrogens is 354 g/mol. The fraction of sp³-hybridized carbons (Fsp3) is 0.286. The molecule has 0 unspecified atom stereocenters. The highest BCUT2D eigenvalue weighted by atomic mass is 79.9. The van der Waals surface area contributed by atoms with Gasteiger partial charge in [-0.1, -0.05) is 15.9 Å². The second-order valence-electron chi connectivity index (χ2n) is 4.91. The van der Waals surface area contributed by atoms with Gasteiger partial charge in [0.15, 0.2) is 0 Å². The molecule has 0 aliphatic rings. The number of anilines is 1. The number of halogens is 1. The third kappa shape index (κ3) is 3.66. The molecule has 7 heteroatoms. The van der Waals surface area contributed by atoms with Gasteiger partial charge < -0.3 is 10.3 Å². The van der Waals surface area contributed by atoms with Crippen LogP contribution in [0.15, 0.2) is 33.8 Å². The Labute approximate surface area is 133 Å². The summed E-state index contributed by atoms with van der Waals surface area (Å²) in [5.74, 6) is 0. The molecule has 1 aromatic heterocycles. The normalized spacial score (nSPS) is 11.6. The number of aryl methyl sites for hydroxylation is 2. The highest BCUT2D eigenvalue weighted by Gasteiger charge is 2.18. The monoisotopic (exact) mass is 371 g/mol. The first-order chi connectivity index (χ1) is 9.83. The van der Waals surface area contributed by atoms with Crippen LogP contribution in [-0.2, 0) is 16.6 Å². The number of hydrogen-bond donors (Lipinski definition) is 3. The van der Waals surface area contributed by atoms with Gasteiger partial charge in [0, 0.05) is 22.9 Å². The molecule has 0 atom stereocenters. The standard InChI is InChI=1S/C14H18BrN3O2S/c1-9-4-11(15)5-10(2)14(9)18-21(19,20)13-6-12(7-16-3)17-8-13/h4-6,8,16-18H,7H2,1-3H3. The third-order valence-corrected chi connectivity index (χ3v) is 4.91. The molecule has 1 aromatic carbocycles. The van der Waals surface area contributed by atoms with E-state index in [1.165, 1.54) is 6.20 Å². The van der Waals surface area contributed by atoms with Gasteiger partial charge in [-0.15, -0.1) is 0 Å². The summed E-state index contributed by atoms with van der Waals surface area (Å²) in [5.41, 5.74) is 3.18. The van der Waals surface area contributed by atoms with Crippen molar-refractivity contribution in [1.82, 2.24) is 10.3 Å². The molecule has 5 nitrogen and oxygen atoms in total. The summed E-state index contributed by atoms with van der Waals surface area (Å²) in [6.45, 7) is 4.34. The molecule has 2 aromatic rings. The second kappa shape index (κ2) is 6.21. The van der Waals surface area contributed by atoms with Crippen LogP contribution in [0.2, 0.25) is 0 Å². The van der Waals surface area contributed by atoms with Crippen LogP contribution >= 0.6 is 15.9 Å². The van der Waals surface area contributed by atoms with Crippen molar-refractivity contribution < 1.29 is 8.42 Å². The van der Waals surface area contributed by atoms with E-state index in [0.29, 0.717) is 12.2 Å². The van der Waals surface area contributed by atoms with Crippen LogP contribution in [0.5, 0.6) is 0 Å². The summed E-state index contributed by atoms with van der Waals surface area (Å²) in [5, 5.41) is 2.97. The number of nitrogens with one attached hydrogen (secondary N) is 3. The van der Waals surface area contributed by atoms with E-state index in [-0.39, 0.29) is 4.90 Å². The lowest BCUT2D eigenvalue weighted by Gasteiger charge is -2.13. The van der Waals surface area contributed by atoms with E-state index in [0.717, 1.165) is 21.3 Å². The average Bonchev–Trinajstić information content (AvgIpc) is 2.84. The Morgan fingerprint density at radius 2 is 1.81 bits per heavy atom. The van der Waals surface area contributed by atoms with E-state index in [1.54, 1.807) is 6.07 Å². The predicted octanol–water partition coefficient (Wildman–Crippen LogP) is 2.91. The Morgan fingerprint density at radius 3 is 2.38 bits per heavy atom. The molecule has 3 N–H and O–H groups in total. The molecule has 114 valence electrons. The minimum Gasteiger partial charge on any atom is -0.363 e. The number of H-pyrrole nitrogens is 1. The number of sulfonamides is 1. The summed E-state index contributed by atoms with van der Waals surface area (Å²) in [4.78, 5) is 3.18. The van der Waals surface area contributed by atoms with Crippen molar-refractivity contribution in [1.29, 1.82) is 0 Å². The lowest BCUT2D eigenvalue weighted by atomic mass is 10.1. The zero-order valence-electron chi connectivity index (χ0n) is 12.1. The predicted molar refractivity (Wildman–Crippen MR) is 88.0 cm³/mol. The van der Waals surface area contributed by atoms with Gasteiger partial charge in [-0.25, -0.2) is 8.42 Å². The average molecular weight is 372 g/mol. The van der Waals surface area contributed by atoms with Gasteiger partial charge in [-0.3, -0.25) is 4.72 Å². The number of aromatic amines is 1. The van der Waals surface area contributed by atoms with Gasteiger partial charge in [-0.2, -0.15) is 0 Å². The molecule has 0 radical (unpaired) electrons. The second-order valence-corrected chi connectivity index (χ2v) is 7.51. The smallest absolute Gasteiger partial charge is 0.263 e. The molecule has 0 fully saturated rings. The maximum atomic E-state index is 12.4. The SMILES string of the molecule is CNCc1cc(S(=O)(=O)Nc2c(C)cc(Br)cc2C)c[nH]1. The highest BCUT2D eigenvalue weighted by molar-refractivity contribution is 9.10. The molecule has 0 saturated carbocycles. The van der Waals surface area contributed by atoms with Crippen LogP contribution in [0.4, 0.5) is 5.69 Å². The Morgan fingerprint density at radius 1 is 1.19 bits per heavy atom. The lowest BCUT2D eigenvalue weighted by molar-refractivity contribution is 0.601. The summed E-state index contributed by atoms with van der Waals surface area (Å²) >= 11 is 3.40. The summed E-state index contributed by atoms with van der Waals surface area (Å²) in [7, 11) is -1.79. The minimum absolute atomic E-state index is 0.231. The minimum atomic E-state index is -3.59. The molecule has 0 spiro atoms. The van der Waals surface area contributed by atoms with Crippen molar-refractivity contribution in [3.8, 4) is 0 Å². The Balaban J connectivity index is 2.33. The zero-order valence-corrected chi connectivity index (χ0v) is 14.5. The quantitative estimate of drug-likeness (QED) is 0.756. The number of hydrogen-bond acceptors (Lipinski definition) is 3. The van der Waals surface area contributed by atoms with Crippen LogP contribution in [0.25, 0.3) is 0 Å². The zero-order chi connectivity index (χ0) is 15.6. The van der Waals surface area contributed by atoms with Crippen molar-refractivity contribution in [2.45, 2.75) is 25.3 Å². The van der Waals surface area contributed by atoms with E-state index >= 15 is 0 Å². The molecule has 21 heavy (non-hydrogen) atoms. The molecule has 0 saturated heterocycles. The van der Waals surface area contributed by atoms with Crippen LogP contribution in [0.1, 0.15) is 16.8 Å². The summed E-state index contributed by atoms with van der Waals surface area (Å²) < 4.78 is 28.5. The van der Waals surface area contributed by atoms with Crippen molar-refractivity contribution in [3.63, 3.8) is 0 Å². The molecular formula is C14H18BrN3O2S. The fourth-order valence-electron chi connectivity index (χ4n) is 2.13. The first-order valence-corrected chi connectivity index (χ1v) is 8.72. The number of benzene rings is 1. The first-order valence-electron chi connectivity index (χ1n) is 6.45. The summed E-state index contributed by atoms with van der Waals surface area (Å²) in [6, 6.07) is 5.39. The molecule has 1 heterocycles. The van der Waals surface area contributed by atoms with Gasteiger partial charge in [0.05, 0.1) is 5.69 Å². The molecule has 0 bridgehead atoms. The van der Waals surface area contributed by atoms with Gasteiger partial charge in [0.1, 0.15) is 4.90 Å². The van der Waals surface area contributed by atoms with Crippen molar-refractivity contribution >= 4 is 31.6 Å². The van der Waals surface area contributed by atoms with Gasteiger partial charge >= 0.3 is 0 Å². The first kappa shape index (κ1) is 16.1.